The summed E-state index contributed by atoms with van der Waals surface area (Å²) in [5.74, 6) is 0. The molecule has 0 bridgehead atoms. The number of likely N-dealkylation sites (tertiary alicyclic amines) is 1. The largest absolute Gasteiger partial charge is 0.444 e. The molecule has 0 aromatic rings. The summed E-state index contributed by atoms with van der Waals surface area (Å²) in [6.45, 7) is 8.53. The molecule has 17 heavy (non-hydrogen) atoms. The number of carbonyl (C=O) groups excluding carboxylic acids is 1. The van der Waals surface area contributed by atoms with Crippen LogP contribution >= 0.6 is 0 Å². The van der Waals surface area contributed by atoms with Crippen LogP contribution in [0.5, 0.6) is 0 Å². The maximum atomic E-state index is 12.0. The Hall–Kier alpha value is -0.770. The smallest absolute Gasteiger partial charge is 0.410 e. The molecule has 2 atom stereocenters. The lowest BCUT2D eigenvalue weighted by Crippen LogP contribution is -2.40. The van der Waals surface area contributed by atoms with E-state index in [9.17, 15) is 4.79 Å². The van der Waals surface area contributed by atoms with E-state index in [0.717, 1.165) is 32.2 Å². The maximum Gasteiger partial charge on any atom is 0.410 e. The van der Waals surface area contributed by atoms with Gasteiger partial charge in [-0.3, -0.25) is 0 Å². The molecule has 1 fully saturated rings. The number of amides is 1. The molecule has 0 aromatic carbocycles. The van der Waals surface area contributed by atoms with Crippen LogP contribution in [0.1, 0.15) is 53.4 Å². The first-order valence-corrected chi connectivity index (χ1v) is 6.55. The molecule has 1 saturated heterocycles. The van der Waals surface area contributed by atoms with Crippen molar-refractivity contribution in [3.05, 3.63) is 0 Å². The zero-order chi connectivity index (χ0) is 13.1. The number of nitrogens with two attached hydrogens (primary N) is 1. The molecule has 1 rings (SSSR count). The van der Waals surface area contributed by atoms with Crippen LogP contribution in [0.4, 0.5) is 4.79 Å². The van der Waals surface area contributed by atoms with E-state index in [-0.39, 0.29) is 12.1 Å². The Balaban J connectivity index is 2.48. The second kappa shape index (κ2) is 5.71. The second-order valence-corrected chi connectivity index (χ2v) is 6.02. The average Bonchev–Trinajstić information content (AvgIpc) is 2.59. The van der Waals surface area contributed by atoms with Gasteiger partial charge in [0.15, 0.2) is 0 Å². The number of carbonyl (C=O) groups is 1. The Labute approximate surface area is 104 Å². The first-order chi connectivity index (χ1) is 7.79. The number of hydrogen-bond donors (Lipinski definition) is 1. The predicted octanol–water partition coefficient (Wildman–Crippen LogP) is 2.51. The van der Waals surface area contributed by atoms with Crippen molar-refractivity contribution in [2.45, 2.75) is 71.1 Å². The van der Waals surface area contributed by atoms with Gasteiger partial charge in [0.25, 0.3) is 0 Å². The van der Waals surface area contributed by atoms with E-state index < -0.39 is 5.60 Å². The lowest BCUT2D eigenvalue weighted by Gasteiger charge is -2.28. The molecule has 0 saturated carbocycles. The summed E-state index contributed by atoms with van der Waals surface area (Å²) in [6.07, 6.45) is 3.92. The van der Waals surface area contributed by atoms with Crippen molar-refractivity contribution in [2.75, 3.05) is 6.54 Å². The predicted molar refractivity (Wildman–Crippen MR) is 68.8 cm³/mol. The summed E-state index contributed by atoms with van der Waals surface area (Å²) >= 11 is 0. The van der Waals surface area contributed by atoms with Gasteiger partial charge in [-0.2, -0.15) is 0 Å². The second-order valence-electron chi connectivity index (χ2n) is 6.02. The summed E-state index contributed by atoms with van der Waals surface area (Å²) in [5, 5.41) is 0. The van der Waals surface area contributed by atoms with Gasteiger partial charge in [-0.05, 0) is 53.4 Å². The van der Waals surface area contributed by atoms with Crippen LogP contribution in [-0.2, 0) is 4.74 Å². The van der Waals surface area contributed by atoms with Crippen LogP contribution in [0.25, 0.3) is 0 Å². The highest BCUT2D eigenvalue weighted by atomic mass is 16.6. The van der Waals surface area contributed by atoms with Gasteiger partial charge in [0.05, 0.1) is 0 Å². The number of hydrogen-bond acceptors (Lipinski definition) is 3. The Kier molecular flexibility index (Phi) is 4.80. The Morgan fingerprint density at radius 3 is 2.71 bits per heavy atom. The van der Waals surface area contributed by atoms with Gasteiger partial charge in [0.1, 0.15) is 5.60 Å². The highest BCUT2D eigenvalue weighted by Gasteiger charge is 2.31. The molecule has 0 radical (unpaired) electrons. The van der Waals surface area contributed by atoms with Gasteiger partial charge in [0, 0.05) is 18.6 Å². The molecule has 4 heteroatoms. The minimum Gasteiger partial charge on any atom is -0.444 e. The van der Waals surface area contributed by atoms with Crippen LogP contribution in [0.3, 0.4) is 0 Å². The summed E-state index contributed by atoms with van der Waals surface area (Å²) < 4.78 is 5.41. The normalized spacial score (nSPS) is 22.6. The van der Waals surface area contributed by atoms with Gasteiger partial charge in [-0.25, -0.2) is 4.79 Å². The molecular weight excluding hydrogens is 216 g/mol. The van der Waals surface area contributed by atoms with E-state index in [1.54, 1.807) is 0 Å². The summed E-state index contributed by atoms with van der Waals surface area (Å²) in [7, 11) is 0. The van der Waals surface area contributed by atoms with Crippen LogP contribution < -0.4 is 5.73 Å². The summed E-state index contributed by atoms with van der Waals surface area (Å²) in [6, 6.07) is 0.520. The fourth-order valence-corrected chi connectivity index (χ4v) is 2.15. The van der Waals surface area contributed by atoms with Crippen molar-refractivity contribution in [3.63, 3.8) is 0 Å². The zero-order valence-electron chi connectivity index (χ0n) is 11.5. The maximum absolute atomic E-state index is 12.0. The first-order valence-electron chi connectivity index (χ1n) is 6.55. The van der Waals surface area contributed by atoms with Crippen LogP contribution in [0.15, 0.2) is 0 Å². The highest BCUT2D eigenvalue weighted by Crippen LogP contribution is 2.24. The highest BCUT2D eigenvalue weighted by molar-refractivity contribution is 5.68. The molecule has 1 aliphatic rings. The molecule has 0 spiro atoms. The van der Waals surface area contributed by atoms with Crippen molar-refractivity contribution in [1.82, 2.24) is 4.90 Å². The van der Waals surface area contributed by atoms with Gasteiger partial charge < -0.3 is 15.4 Å². The molecule has 0 aromatic heterocycles. The monoisotopic (exact) mass is 242 g/mol. The molecule has 4 nitrogen and oxygen atoms in total. The number of nitrogens with zero attached hydrogens (tertiary/aromatic N) is 1. The van der Waals surface area contributed by atoms with E-state index in [2.05, 4.69) is 0 Å². The lowest BCUT2D eigenvalue weighted by atomic mass is 10.1. The molecular formula is C13H26N2O2. The quantitative estimate of drug-likeness (QED) is 0.827. The third-order valence-corrected chi connectivity index (χ3v) is 2.96. The van der Waals surface area contributed by atoms with Crippen molar-refractivity contribution in [3.8, 4) is 0 Å². The van der Waals surface area contributed by atoms with Crippen LogP contribution in [0.2, 0.25) is 0 Å². The minimum absolute atomic E-state index is 0.176. The fourth-order valence-electron chi connectivity index (χ4n) is 2.15. The molecule has 1 unspecified atom stereocenters. The van der Waals surface area contributed by atoms with E-state index in [0.29, 0.717) is 6.04 Å². The molecule has 1 aliphatic heterocycles. The Bertz CT molecular complexity index is 259. The lowest BCUT2D eigenvalue weighted by molar-refractivity contribution is 0.0218. The van der Waals surface area contributed by atoms with Crippen molar-refractivity contribution in [1.29, 1.82) is 0 Å². The van der Waals surface area contributed by atoms with Gasteiger partial charge in [-0.1, -0.05) is 0 Å². The van der Waals surface area contributed by atoms with Crippen LogP contribution in [-0.4, -0.2) is 35.2 Å². The minimum atomic E-state index is -0.411. The van der Waals surface area contributed by atoms with Gasteiger partial charge in [0.2, 0.25) is 0 Å². The summed E-state index contributed by atoms with van der Waals surface area (Å²) in [5.41, 5.74) is 5.35. The van der Waals surface area contributed by atoms with Crippen LogP contribution in [0, 0.1) is 0 Å². The van der Waals surface area contributed by atoms with Crippen molar-refractivity contribution < 1.29 is 9.53 Å². The van der Waals surface area contributed by atoms with Gasteiger partial charge >= 0.3 is 6.09 Å². The summed E-state index contributed by atoms with van der Waals surface area (Å²) in [4.78, 5) is 13.9. The first kappa shape index (κ1) is 14.3. The molecule has 1 amide bonds. The van der Waals surface area contributed by atoms with E-state index in [1.165, 1.54) is 0 Å². The number of rotatable bonds is 3. The van der Waals surface area contributed by atoms with E-state index in [1.807, 2.05) is 32.6 Å². The third-order valence-electron chi connectivity index (χ3n) is 2.96. The molecule has 0 aliphatic carbocycles. The third kappa shape index (κ3) is 4.94. The Morgan fingerprint density at radius 1 is 1.53 bits per heavy atom. The van der Waals surface area contributed by atoms with Crippen molar-refractivity contribution >= 4 is 6.09 Å². The average molecular weight is 242 g/mol. The molecule has 1 heterocycles. The molecule has 2 N–H and O–H groups in total. The number of ether oxygens (including phenoxy) is 1. The standard InChI is InChI=1S/C13H26N2O2/c1-10(14)7-8-11-6-5-9-15(11)12(16)17-13(2,3)4/h10-11H,5-9,14H2,1-4H3/t10-,11?/m0/s1. The SMILES string of the molecule is C[C@H](N)CCC1CCCN1C(=O)OC(C)(C)C. The molecule has 100 valence electrons. The van der Waals surface area contributed by atoms with Gasteiger partial charge in [-0.15, -0.1) is 0 Å². The topological polar surface area (TPSA) is 55.6 Å². The van der Waals surface area contributed by atoms with E-state index in [4.69, 9.17) is 10.5 Å². The Morgan fingerprint density at radius 2 is 2.18 bits per heavy atom. The fraction of sp³-hybridized carbons (Fsp3) is 0.923. The van der Waals surface area contributed by atoms with E-state index >= 15 is 0 Å². The van der Waals surface area contributed by atoms with Crippen molar-refractivity contribution in [2.24, 2.45) is 5.73 Å². The zero-order valence-corrected chi connectivity index (χ0v) is 11.5.